The van der Waals surface area contributed by atoms with E-state index in [2.05, 4.69) is 22.6 Å². The van der Waals surface area contributed by atoms with Gasteiger partial charge in [0, 0.05) is 37.3 Å². The topological polar surface area (TPSA) is 75.4 Å². The van der Waals surface area contributed by atoms with Crippen LogP contribution in [0.3, 0.4) is 0 Å². The number of likely N-dealkylation sites (tertiary alicyclic amines) is 1. The molecule has 2 amide bonds. The van der Waals surface area contributed by atoms with Crippen LogP contribution in [-0.4, -0.2) is 42.0 Å². The largest absolute Gasteiger partial charge is 0.355 e. The SMILES string of the molecule is CNC(=O)c1ccc(-c2cc(C(=O)N3CC(Cc4ccccc4)C3)no2)cc1. The molecule has 1 aliphatic rings. The highest BCUT2D eigenvalue weighted by molar-refractivity contribution is 5.95. The zero-order valence-electron chi connectivity index (χ0n) is 15.6. The van der Waals surface area contributed by atoms with Crippen molar-refractivity contribution in [2.75, 3.05) is 20.1 Å². The van der Waals surface area contributed by atoms with Crippen LogP contribution in [-0.2, 0) is 6.42 Å². The van der Waals surface area contributed by atoms with Crippen LogP contribution in [0.1, 0.15) is 26.4 Å². The number of nitrogens with zero attached hydrogens (tertiary/aromatic N) is 2. The minimum atomic E-state index is -0.150. The highest BCUT2D eigenvalue weighted by Crippen LogP contribution is 2.25. The maximum absolute atomic E-state index is 12.6. The summed E-state index contributed by atoms with van der Waals surface area (Å²) in [4.78, 5) is 26.0. The number of amides is 2. The second-order valence-corrected chi connectivity index (χ2v) is 7.00. The van der Waals surface area contributed by atoms with Crippen molar-refractivity contribution >= 4 is 11.8 Å². The Hall–Kier alpha value is -3.41. The Morgan fingerprint density at radius 1 is 1.11 bits per heavy atom. The molecule has 1 saturated heterocycles. The molecule has 0 spiro atoms. The molecule has 28 heavy (non-hydrogen) atoms. The molecule has 0 unspecified atom stereocenters. The van der Waals surface area contributed by atoms with Gasteiger partial charge in [-0.3, -0.25) is 9.59 Å². The molecular formula is C22H21N3O3. The van der Waals surface area contributed by atoms with Crippen LogP contribution in [0.5, 0.6) is 0 Å². The van der Waals surface area contributed by atoms with E-state index in [0.29, 0.717) is 22.9 Å². The van der Waals surface area contributed by atoms with Crippen LogP contribution in [0.15, 0.2) is 65.2 Å². The van der Waals surface area contributed by atoms with E-state index in [9.17, 15) is 9.59 Å². The van der Waals surface area contributed by atoms with E-state index in [1.54, 1.807) is 42.3 Å². The smallest absolute Gasteiger partial charge is 0.276 e. The average molecular weight is 375 g/mol. The van der Waals surface area contributed by atoms with Crippen molar-refractivity contribution in [1.82, 2.24) is 15.4 Å². The Morgan fingerprint density at radius 2 is 1.82 bits per heavy atom. The average Bonchev–Trinajstić information content (AvgIpc) is 3.20. The van der Waals surface area contributed by atoms with Gasteiger partial charge in [0.15, 0.2) is 11.5 Å². The lowest BCUT2D eigenvalue weighted by molar-refractivity contribution is 0.0490. The van der Waals surface area contributed by atoms with Gasteiger partial charge >= 0.3 is 0 Å². The highest BCUT2D eigenvalue weighted by Gasteiger charge is 2.32. The third-order valence-corrected chi connectivity index (χ3v) is 5.00. The van der Waals surface area contributed by atoms with E-state index >= 15 is 0 Å². The molecule has 3 aromatic rings. The van der Waals surface area contributed by atoms with Gasteiger partial charge < -0.3 is 14.7 Å². The van der Waals surface area contributed by atoms with E-state index in [1.807, 2.05) is 18.2 Å². The zero-order chi connectivity index (χ0) is 19.5. The third kappa shape index (κ3) is 3.67. The number of aromatic nitrogens is 1. The third-order valence-electron chi connectivity index (χ3n) is 5.00. The summed E-state index contributed by atoms with van der Waals surface area (Å²) in [5.41, 5.74) is 2.93. The summed E-state index contributed by atoms with van der Waals surface area (Å²) in [6.07, 6.45) is 0.979. The lowest BCUT2D eigenvalue weighted by atomic mass is 9.92. The summed E-state index contributed by atoms with van der Waals surface area (Å²) < 4.78 is 5.34. The first-order valence-corrected chi connectivity index (χ1v) is 9.26. The number of benzene rings is 2. The second-order valence-electron chi connectivity index (χ2n) is 7.00. The highest BCUT2D eigenvalue weighted by atomic mass is 16.5. The molecule has 1 aromatic heterocycles. The van der Waals surface area contributed by atoms with Gasteiger partial charge in [-0.1, -0.05) is 47.6 Å². The molecule has 1 aliphatic heterocycles. The Morgan fingerprint density at radius 3 is 2.50 bits per heavy atom. The van der Waals surface area contributed by atoms with E-state index in [-0.39, 0.29) is 11.8 Å². The fraction of sp³-hybridized carbons (Fsp3) is 0.227. The molecule has 6 nitrogen and oxygen atoms in total. The van der Waals surface area contributed by atoms with Crippen molar-refractivity contribution < 1.29 is 14.1 Å². The minimum absolute atomic E-state index is 0.110. The van der Waals surface area contributed by atoms with Gasteiger partial charge in [-0.2, -0.15) is 0 Å². The molecule has 0 aliphatic carbocycles. The lowest BCUT2D eigenvalue weighted by Crippen LogP contribution is -2.50. The molecule has 0 saturated carbocycles. The molecule has 142 valence electrons. The van der Waals surface area contributed by atoms with Gasteiger partial charge in [-0.25, -0.2) is 0 Å². The molecule has 0 bridgehead atoms. The zero-order valence-corrected chi connectivity index (χ0v) is 15.6. The maximum Gasteiger partial charge on any atom is 0.276 e. The molecule has 2 aromatic carbocycles. The molecule has 0 atom stereocenters. The maximum atomic E-state index is 12.6. The molecule has 2 heterocycles. The monoisotopic (exact) mass is 375 g/mol. The molecule has 1 fully saturated rings. The number of carbonyl (C=O) groups is 2. The Bertz CT molecular complexity index is 974. The van der Waals surface area contributed by atoms with Crippen LogP contribution in [0.2, 0.25) is 0 Å². The lowest BCUT2D eigenvalue weighted by Gasteiger charge is -2.38. The van der Waals surface area contributed by atoms with Gasteiger partial charge in [0.1, 0.15) is 0 Å². The van der Waals surface area contributed by atoms with Crippen molar-refractivity contribution in [3.05, 3.63) is 77.5 Å². The van der Waals surface area contributed by atoms with Crippen molar-refractivity contribution in [1.29, 1.82) is 0 Å². The van der Waals surface area contributed by atoms with Gasteiger partial charge in [-0.05, 0) is 30.0 Å². The molecule has 6 heteroatoms. The standard InChI is InChI=1S/C22H21N3O3/c1-23-21(26)18-9-7-17(8-10-18)20-12-19(24-28-20)22(27)25-13-16(14-25)11-15-5-3-2-4-6-15/h2-10,12,16H,11,13-14H2,1H3,(H,23,26). The van der Waals surface area contributed by atoms with Crippen molar-refractivity contribution in [2.45, 2.75) is 6.42 Å². The summed E-state index contributed by atoms with van der Waals surface area (Å²) in [6.45, 7) is 1.47. The number of hydrogen-bond acceptors (Lipinski definition) is 4. The molecule has 1 N–H and O–H groups in total. The fourth-order valence-electron chi connectivity index (χ4n) is 3.42. The number of hydrogen-bond donors (Lipinski definition) is 1. The van der Waals surface area contributed by atoms with Gasteiger partial charge in [-0.15, -0.1) is 0 Å². The quantitative estimate of drug-likeness (QED) is 0.744. The summed E-state index contributed by atoms with van der Waals surface area (Å²) in [5, 5.41) is 6.51. The predicted octanol–water partition coefficient (Wildman–Crippen LogP) is 3.02. The van der Waals surface area contributed by atoms with E-state index < -0.39 is 0 Å². The van der Waals surface area contributed by atoms with Crippen LogP contribution < -0.4 is 5.32 Å². The molecule has 0 radical (unpaired) electrons. The van der Waals surface area contributed by atoms with E-state index in [4.69, 9.17) is 4.52 Å². The number of rotatable bonds is 5. The molecule has 4 rings (SSSR count). The van der Waals surface area contributed by atoms with Crippen molar-refractivity contribution in [3.63, 3.8) is 0 Å². The number of nitrogens with one attached hydrogen (secondary N) is 1. The number of carbonyl (C=O) groups excluding carboxylic acids is 2. The first-order chi connectivity index (χ1) is 13.6. The van der Waals surface area contributed by atoms with Crippen molar-refractivity contribution in [3.8, 4) is 11.3 Å². The Labute approximate surface area is 163 Å². The first-order valence-electron chi connectivity index (χ1n) is 9.26. The molecular weight excluding hydrogens is 354 g/mol. The van der Waals surface area contributed by atoms with Gasteiger partial charge in [0.25, 0.3) is 11.8 Å². The Balaban J connectivity index is 1.37. The first kappa shape index (κ1) is 18.0. The normalized spacial score (nSPS) is 13.8. The van der Waals surface area contributed by atoms with Gasteiger partial charge in [0.2, 0.25) is 0 Å². The fourth-order valence-corrected chi connectivity index (χ4v) is 3.42. The summed E-state index contributed by atoms with van der Waals surface area (Å²) in [7, 11) is 1.59. The van der Waals surface area contributed by atoms with Crippen molar-refractivity contribution in [2.24, 2.45) is 5.92 Å². The minimum Gasteiger partial charge on any atom is -0.355 e. The predicted molar refractivity (Wildman–Crippen MR) is 105 cm³/mol. The van der Waals surface area contributed by atoms with Crippen LogP contribution in [0.4, 0.5) is 0 Å². The summed E-state index contributed by atoms with van der Waals surface area (Å²) in [5.74, 6) is 0.729. The van der Waals surface area contributed by atoms with E-state index in [0.717, 1.165) is 25.1 Å². The van der Waals surface area contributed by atoms with Gasteiger partial charge in [0.05, 0.1) is 0 Å². The van der Waals surface area contributed by atoms with Crippen LogP contribution >= 0.6 is 0 Å². The summed E-state index contributed by atoms with van der Waals surface area (Å²) in [6, 6.07) is 18.9. The Kier molecular flexibility index (Phi) is 4.93. The van der Waals surface area contributed by atoms with Crippen LogP contribution in [0, 0.1) is 5.92 Å². The van der Waals surface area contributed by atoms with E-state index in [1.165, 1.54) is 5.56 Å². The second kappa shape index (κ2) is 7.68. The van der Waals surface area contributed by atoms with Crippen LogP contribution in [0.25, 0.3) is 11.3 Å². The summed E-state index contributed by atoms with van der Waals surface area (Å²) >= 11 is 0.